The molecule has 10 heteroatoms. The molecular formula is C26H28N6O4. The summed E-state index contributed by atoms with van der Waals surface area (Å²) in [6.07, 6.45) is 4.07. The molecule has 0 spiro atoms. The first-order valence-corrected chi connectivity index (χ1v) is 12.0. The molecule has 186 valence electrons. The van der Waals surface area contributed by atoms with Gasteiger partial charge in [-0.05, 0) is 56.5 Å². The van der Waals surface area contributed by atoms with Crippen LogP contribution in [0.4, 0.5) is 5.69 Å². The number of carbonyl (C=O) groups excluding carboxylic acids is 2. The third kappa shape index (κ3) is 4.19. The Kier molecular flexibility index (Phi) is 5.95. The van der Waals surface area contributed by atoms with Gasteiger partial charge in [-0.3, -0.25) is 19.0 Å². The van der Waals surface area contributed by atoms with E-state index in [1.807, 2.05) is 32.0 Å². The van der Waals surface area contributed by atoms with Gasteiger partial charge in [-0.2, -0.15) is 0 Å². The van der Waals surface area contributed by atoms with Gasteiger partial charge in [0.25, 0.3) is 11.5 Å². The lowest BCUT2D eigenvalue weighted by atomic mass is 10.1. The van der Waals surface area contributed by atoms with Gasteiger partial charge in [-0.1, -0.05) is 30.5 Å². The Balaban J connectivity index is 1.52. The van der Waals surface area contributed by atoms with Crippen LogP contribution in [0.2, 0.25) is 0 Å². The number of fused-ring (bicyclic) bond motifs is 3. The van der Waals surface area contributed by atoms with E-state index in [0.29, 0.717) is 11.3 Å². The fraction of sp³-hybridized carbons (Fsp3) is 0.346. The van der Waals surface area contributed by atoms with E-state index in [-0.39, 0.29) is 40.7 Å². The number of benzene rings is 2. The van der Waals surface area contributed by atoms with Crippen LogP contribution in [-0.4, -0.2) is 36.6 Å². The van der Waals surface area contributed by atoms with Gasteiger partial charge in [0, 0.05) is 24.3 Å². The molecule has 10 nitrogen and oxygen atoms in total. The Morgan fingerprint density at radius 2 is 1.81 bits per heavy atom. The van der Waals surface area contributed by atoms with Crippen molar-refractivity contribution < 1.29 is 9.59 Å². The van der Waals surface area contributed by atoms with E-state index in [0.717, 1.165) is 41.5 Å². The zero-order valence-corrected chi connectivity index (χ0v) is 20.5. The van der Waals surface area contributed by atoms with E-state index in [1.54, 1.807) is 12.1 Å². The second-order valence-electron chi connectivity index (χ2n) is 9.49. The molecular weight excluding hydrogens is 460 g/mol. The molecule has 0 atom stereocenters. The summed E-state index contributed by atoms with van der Waals surface area (Å²) < 4.78 is 3.56. The summed E-state index contributed by atoms with van der Waals surface area (Å²) in [5.74, 6) is -0.575. The summed E-state index contributed by atoms with van der Waals surface area (Å²) in [6.45, 7) is 3.53. The molecule has 4 aromatic rings. The van der Waals surface area contributed by atoms with Crippen molar-refractivity contribution >= 4 is 34.2 Å². The van der Waals surface area contributed by atoms with Crippen LogP contribution in [0.5, 0.6) is 0 Å². The van der Waals surface area contributed by atoms with Crippen LogP contribution in [0.1, 0.15) is 47.2 Å². The fourth-order valence-corrected chi connectivity index (χ4v) is 4.86. The van der Waals surface area contributed by atoms with Crippen molar-refractivity contribution in [2.75, 3.05) is 5.32 Å². The molecule has 1 fully saturated rings. The van der Waals surface area contributed by atoms with E-state index in [9.17, 15) is 19.2 Å². The molecule has 2 amide bonds. The zero-order valence-electron chi connectivity index (χ0n) is 20.5. The number of nitrogens with one attached hydrogen (secondary N) is 2. The van der Waals surface area contributed by atoms with Gasteiger partial charge in [-0.15, -0.1) is 5.10 Å². The van der Waals surface area contributed by atoms with Crippen molar-refractivity contribution in [1.82, 2.24) is 24.1 Å². The maximum atomic E-state index is 13.3. The van der Waals surface area contributed by atoms with E-state index in [4.69, 9.17) is 0 Å². The quantitative estimate of drug-likeness (QED) is 0.447. The van der Waals surface area contributed by atoms with Crippen LogP contribution in [0.3, 0.4) is 0 Å². The SMILES string of the molecule is Cc1ccc(NC(=O)Cn2nc3n(C)c(=O)c4ccc(C(=O)NC5CCCC5)cc4n3c2=O)c(C)c1. The highest BCUT2D eigenvalue weighted by Gasteiger charge is 2.21. The average Bonchev–Trinajstić information content (AvgIpc) is 3.47. The number of carbonyl (C=O) groups is 2. The highest BCUT2D eigenvalue weighted by Crippen LogP contribution is 2.19. The van der Waals surface area contributed by atoms with Crippen molar-refractivity contribution in [2.45, 2.75) is 52.1 Å². The monoisotopic (exact) mass is 488 g/mol. The number of anilines is 1. The number of nitrogens with zero attached hydrogens (tertiary/aromatic N) is 4. The van der Waals surface area contributed by atoms with Crippen molar-refractivity contribution in [2.24, 2.45) is 7.05 Å². The van der Waals surface area contributed by atoms with Gasteiger partial charge in [0.2, 0.25) is 11.7 Å². The topological polar surface area (TPSA) is 120 Å². The van der Waals surface area contributed by atoms with Crippen LogP contribution in [0.25, 0.3) is 16.7 Å². The summed E-state index contributed by atoms with van der Waals surface area (Å²) in [4.78, 5) is 51.9. The third-order valence-electron chi connectivity index (χ3n) is 6.80. The van der Waals surface area contributed by atoms with E-state index in [2.05, 4.69) is 15.7 Å². The predicted molar refractivity (Wildman–Crippen MR) is 136 cm³/mol. The molecule has 0 saturated heterocycles. The normalized spacial score (nSPS) is 14.0. The molecule has 1 aliphatic rings. The molecule has 0 unspecified atom stereocenters. The largest absolute Gasteiger partial charge is 0.352 e. The second kappa shape index (κ2) is 9.10. The van der Waals surface area contributed by atoms with Gasteiger partial charge in [0.1, 0.15) is 6.54 Å². The summed E-state index contributed by atoms with van der Waals surface area (Å²) >= 11 is 0. The van der Waals surface area contributed by atoms with Gasteiger partial charge in [0.15, 0.2) is 0 Å². The number of hydrogen-bond donors (Lipinski definition) is 2. The Morgan fingerprint density at radius 3 is 2.53 bits per heavy atom. The van der Waals surface area contributed by atoms with Crippen LogP contribution >= 0.6 is 0 Å². The van der Waals surface area contributed by atoms with Crippen molar-refractivity contribution in [1.29, 1.82) is 0 Å². The van der Waals surface area contributed by atoms with Crippen LogP contribution in [0, 0.1) is 13.8 Å². The number of rotatable bonds is 5. The van der Waals surface area contributed by atoms with Crippen molar-refractivity contribution in [3.63, 3.8) is 0 Å². The van der Waals surface area contributed by atoms with E-state index < -0.39 is 11.6 Å². The summed E-state index contributed by atoms with van der Waals surface area (Å²) in [5.41, 5.74) is 2.34. The van der Waals surface area contributed by atoms with Crippen LogP contribution in [-0.2, 0) is 18.4 Å². The fourth-order valence-electron chi connectivity index (χ4n) is 4.86. The molecule has 1 aliphatic carbocycles. The summed E-state index contributed by atoms with van der Waals surface area (Å²) in [5, 5.41) is 10.4. The lowest BCUT2D eigenvalue weighted by molar-refractivity contribution is -0.117. The first kappa shape index (κ1) is 23.5. The van der Waals surface area contributed by atoms with Crippen LogP contribution in [0.15, 0.2) is 46.0 Å². The van der Waals surface area contributed by atoms with E-state index in [1.165, 1.54) is 22.1 Å². The molecule has 2 aromatic carbocycles. The second-order valence-corrected chi connectivity index (χ2v) is 9.49. The maximum Gasteiger partial charge on any atom is 0.352 e. The first-order chi connectivity index (χ1) is 17.2. The molecule has 0 radical (unpaired) electrons. The third-order valence-corrected chi connectivity index (χ3v) is 6.80. The molecule has 5 rings (SSSR count). The molecule has 0 aliphatic heterocycles. The van der Waals surface area contributed by atoms with Gasteiger partial charge in [0.05, 0.1) is 10.9 Å². The minimum absolute atomic E-state index is 0.0881. The molecule has 2 heterocycles. The minimum Gasteiger partial charge on any atom is -0.349 e. The number of aromatic nitrogens is 4. The van der Waals surface area contributed by atoms with Crippen molar-refractivity contribution in [3.8, 4) is 0 Å². The minimum atomic E-state index is -0.574. The lowest BCUT2D eigenvalue weighted by Gasteiger charge is -2.12. The molecule has 1 saturated carbocycles. The Labute approximate surface area is 206 Å². The van der Waals surface area contributed by atoms with Crippen LogP contribution < -0.4 is 21.9 Å². The summed E-state index contributed by atoms with van der Waals surface area (Å²) in [6, 6.07) is 10.5. The maximum absolute atomic E-state index is 13.3. The highest BCUT2D eigenvalue weighted by molar-refractivity contribution is 5.98. The summed E-state index contributed by atoms with van der Waals surface area (Å²) in [7, 11) is 1.52. The Bertz CT molecular complexity index is 1640. The zero-order chi connectivity index (χ0) is 25.6. The molecule has 2 N–H and O–H groups in total. The van der Waals surface area contributed by atoms with Crippen molar-refractivity contribution in [3.05, 3.63) is 73.9 Å². The smallest absolute Gasteiger partial charge is 0.349 e. The lowest BCUT2D eigenvalue weighted by Crippen LogP contribution is -2.33. The van der Waals surface area contributed by atoms with Gasteiger partial charge < -0.3 is 10.6 Å². The number of hydrogen-bond acceptors (Lipinski definition) is 5. The molecule has 36 heavy (non-hydrogen) atoms. The van der Waals surface area contributed by atoms with E-state index >= 15 is 0 Å². The first-order valence-electron chi connectivity index (χ1n) is 12.0. The number of aryl methyl sites for hydroxylation is 3. The molecule has 2 aromatic heterocycles. The van der Waals surface area contributed by atoms with Gasteiger partial charge in [-0.25, -0.2) is 13.9 Å². The number of amides is 2. The molecule has 0 bridgehead atoms. The average molecular weight is 489 g/mol. The van der Waals surface area contributed by atoms with Gasteiger partial charge >= 0.3 is 5.69 Å². The Hall–Kier alpha value is -4.21. The Morgan fingerprint density at radius 1 is 1.06 bits per heavy atom. The standard InChI is InChI=1S/C26H28N6O4/c1-15-8-11-20(16(2)12-15)28-22(33)14-31-26(36)32-21-13-17(23(34)27-18-6-4-5-7-18)9-10-19(21)24(35)30(3)25(32)29-31/h8-13,18H,4-7,14H2,1-3H3,(H,27,34)(H,28,33). The predicted octanol–water partition coefficient (Wildman–Crippen LogP) is 2.28. The highest BCUT2D eigenvalue weighted by atomic mass is 16.2.